The zero-order chi connectivity index (χ0) is 21.4. The molecule has 9 heteroatoms. The Morgan fingerprint density at radius 2 is 2.10 bits per heavy atom. The molecule has 2 heterocycles. The molecule has 2 aliphatic heterocycles. The predicted molar refractivity (Wildman–Crippen MR) is 112 cm³/mol. The number of halogens is 2. The molecule has 0 saturated heterocycles. The van der Waals surface area contributed by atoms with Gasteiger partial charge in [0.2, 0.25) is 5.91 Å². The van der Waals surface area contributed by atoms with Gasteiger partial charge in [0, 0.05) is 35.6 Å². The van der Waals surface area contributed by atoms with Gasteiger partial charge in [0.05, 0.1) is 11.4 Å². The summed E-state index contributed by atoms with van der Waals surface area (Å²) in [5.41, 5.74) is 1.79. The number of benzene rings is 2. The quantitative estimate of drug-likeness (QED) is 0.716. The molecule has 2 aliphatic rings. The molecule has 0 fully saturated rings. The fourth-order valence-electron chi connectivity index (χ4n) is 3.44. The molecule has 30 heavy (non-hydrogen) atoms. The molecule has 0 unspecified atom stereocenters. The lowest BCUT2D eigenvalue weighted by Crippen LogP contribution is -2.35. The van der Waals surface area contributed by atoms with E-state index in [1.165, 1.54) is 23.2 Å². The Hall–Kier alpha value is -3.20. The van der Waals surface area contributed by atoms with Crippen molar-refractivity contribution in [2.75, 3.05) is 23.9 Å². The van der Waals surface area contributed by atoms with Crippen molar-refractivity contribution < 1.29 is 23.5 Å². The van der Waals surface area contributed by atoms with E-state index in [1.807, 2.05) is 0 Å². The maximum atomic E-state index is 13.7. The standard InChI is InChI=1S/C21H17BrFN3O4/c1-26-17-8-16(15(22)7-18(17)30-10-20(26)28)25-21(29)14-9-24-19(27)6-13(14)11-3-2-4-12(23)5-11/h2-5,7-9,13H,6,10H2,1H3,(H,24,27)(H,25,29)/t13-/m0/s1. The summed E-state index contributed by atoms with van der Waals surface area (Å²) in [4.78, 5) is 38.3. The van der Waals surface area contributed by atoms with Crippen LogP contribution in [0.25, 0.3) is 0 Å². The van der Waals surface area contributed by atoms with Crippen LogP contribution < -0.4 is 20.3 Å². The average molecular weight is 474 g/mol. The van der Waals surface area contributed by atoms with Crippen LogP contribution in [0.4, 0.5) is 15.8 Å². The number of nitrogens with zero attached hydrogens (tertiary/aromatic N) is 1. The molecular formula is C21H17BrFN3O4. The maximum Gasteiger partial charge on any atom is 0.264 e. The lowest BCUT2D eigenvalue weighted by molar-refractivity contribution is -0.121. The first-order valence-corrected chi connectivity index (χ1v) is 9.92. The third-order valence-corrected chi connectivity index (χ3v) is 5.71. The molecule has 0 saturated carbocycles. The number of ether oxygens (including phenoxy) is 1. The van der Waals surface area contributed by atoms with E-state index < -0.39 is 17.6 Å². The number of hydrogen-bond acceptors (Lipinski definition) is 4. The van der Waals surface area contributed by atoms with Crippen LogP contribution in [0, 0.1) is 5.82 Å². The SMILES string of the molecule is CN1C(=O)COc2cc(Br)c(NC(=O)C3=CNC(=O)C[C@H]3c3cccc(F)c3)cc21. The van der Waals surface area contributed by atoms with Crippen molar-refractivity contribution in [1.29, 1.82) is 0 Å². The van der Waals surface area contributed by atoms with Crippen LogP contribution in [-0.2, 0) is 14.4 Å². The normalized spacial score (nSPS) is 18.2. The van der Waals surface area contributed by atoms with Crippen LogP contribution >= 0.6 is 15.9 Å². The fourth-order valence-corrected chi connectivity index (χ4v) is 3.86. The predicted octanol–water partition coefficient (Wildman–Crippen LogP) is 3.07. The molecule has 4 rings (SSSR count). The minimum absolute atomic E-state index is 0.0269. The highest BCUT2D eigenvalue weighted by Crippen LogP contribution is 2.39. The number of fused-ring (bicyclic) bond motifs is 1. The molecule has 2 aromatic carbocycles. The average Bonchev–Trinajstić information content (AvgIpc) is 2.72. The molecule has 2 aromatic rings. The third-order valence-electron chi connectivity index (χ3n) is 5.05. The molecule has 0 radical (unpaired) electrons. The van der Waals surface area contributed by atoms with E-state index in [0.29, 0.717) is 32.7 Å². The van der Waals surface area contributed by atoms with Crippen LogP contribution in [0.15, 0.2) is 52.6 Å². The van der Waals surface area contributed by atoms with Crippen molar-refractivity contribution >= 4 is 45.0 Å². The largest absolute Gasteiger partial charge is 0.482 e. The molecule has 154 valence electrons. The van der Waals surface area contributed by atoms with Gasteiger partial charge in [-0.25, -0.2) is 4.39 Å². The Bertz CT molecular complexity index is 1100. The molecule has 0 aromatic heterocycles. The van der Waals surface area contributed by atoms with E-state index in [9.17, 15) is 18.8 Å². The summed E-state index contributed by atoms with van der Waals surface area (Å²) < 4.78 is 19.7. The van der Waals surface area contributed by atoms with Gasteiger partial charge in [-0.15, -0.1) is 0 Å². The molecule has 0 aliphatic carbocycles. The summed E-state index contributed by atoms with van der Waals surface area (Å²) in [5, 5.41) is 5.35. The van der Waals surface area contributed by atoms with E-state index in [2.05, 4.69) is 26.6 Å². The second kappa shape index (κ2) is 7.91. The molecule has 0 spiro atoms. The monoisotopic (exact) mass is 473 g/mol. The lowest BCUT2D eigenvalue weighted by Gasteiger charge is -2.27. The van der Waals surface area contributed by atoms with Gasteiger partial charge in [0.1, 0.15) is 11.6 Å². The van der Waals surface area contributed by atoms with Gasteiger partial charge in [-0.05, 0) is 45.8 Å². The first-order chi connectivity index (χ1) is 14.3. The van der Waals surface area contributed by atoms with Crippen LogP contribution in [0.2, 0.25) is 0 Å². The Morgan fingerprint density at radius 3 is 2.87 bits per heavy atom. The number of nitrogens with one attached hydrogen (secondary N) is 2. The van der Waals surface area contributed by atoms with Crippen LogP contribution in [0.3, 0.4) is 0 Å². The van der Waals surface area contributed by atoms with E-state index in [-0.39, 0.29) is 24.8 Å². The van der Waals surface area contributed by atoms with Gasteiger partial charge >= 0.3 is 0 Å². The summed E-state index contributed by atoms with van der Waals surface area (Å²) in [7, 11) is 1.63. The van der Waals surface area contributed by atoms with Crippen molar-refractivity contribution in [3.05, 3.63) is 64.0 Å². The van der Waals surface area contributed by atoms with Crippen LogP contribution in [0.1, 0.15) is 17.9 Å². The Morgan fingerprint density at radius 1 is 1.30 bits per heavy atom. The Labute approximate surface area is 180 Å². The number of likely N-dealkylation sites (N-methyl/N-ethyl adjacent to an activating group) is 1. The topological polar surface area (TPSA) is 87.7 Å². The number of carbonyl (C=O) groups is 3. The zero-order valence-corrected chi connectivity index (χ0v) is 17.5. The number of hydrogen-bond donors (Lipinski definition) is 2. The van der Waals surface area contributed by atoms with E-state index >= 15 is 0 Å². The fraction of sp³-hybridized carbons (Fsp3) is 0.190. The first-order valence-electron chi connectivity index (χ1n) is 9.12. The minimum Gasteiger partial charge on any atom is -0.482 e. The Balaban J connectivity index is 1.64. The van der Waals surface area contributed by atoms with Gasteiger partial charge < -0.3 is 20.3 Å². The number of carbonyl (C=O) groups excluding carboxylic acids is 3. The Kier molecular flexibility index (Phi) is 5.29. The maximum absolute atomic E-state index is 13.7. The van der Waals surface area contributed by atoms with Gasteiger partial charge in [-0.3, -0.25) is 14.4 Å². The first kappa shape index (κ1) is 20.1. The molecular weight excluding hydrogens is 457 g/mol. The van der Waals surface area contributed by atoms with Crippen molar-refractivity contribution in [3.63, 3.8) is 0 Å². The molecule has 0 bridgehead atoms. The second-order valence-corrected chi connectivity index (χ2v) is 7.83. The summed E-state index contributed by atoms with van der Waals surface area (Å²) >= 11 is 3.41. The highest BCUT2D eigenvalue weighted by molar-refractivity contribution is 9.10. The van der Waals surface area contributed by atoms with Crippen LogP contribution in [0.5, 0.6) is 5.75 Å². The molecule has 3 amide bonds. The van der Waals surface area contributed by atoms with E-state index in [4.69, 9.17) is 4.74 Å². The van der Waals surface area contributed by atoms with Gasteiger partial charge in [-0.1, -0.05) is 12.1 Å². The number of anilines is 2. The molecule has 7 nitrogen and oxygen atoms in total. The number of rotatable bonds is 3. The second-order valence-electron chi connectivity index (χ2n) is 6.97. The van der Waals surface area contributed by atoms with Crippen molar-refractivity contribution in [3.8, 4) is 5.75 Å². The summed E-state index contributed by atoms with van der Waals surface area (Å²) in [6, 6.07) is 9.15. The third kappa shape index (κ3) is 3.80. The summed E-state index contributed by atoms with van der Waals surface area (Å²) in [6.45, 7) is -0.0520. The lowest BCUT2D eigenvalue weighted by atomic mass is 9.86. The van der Waals surface area contributed by atoms with Crippen molar-refractivity contribution in [2.24, 2.45) is 0 Å². The van der Waals surface area contributed by atoms with Gasteiger partial charge in [0.15, 0.2) is 6.61 Å². The smallest absolute Gasteiger partial charge is 0.264 e. The zero-order valence-electron chi connectivity index (χ0n) is 15.9. The highest BCUT2D eigenvalue weighted by Gasteiger charge is 2.30. The van der Waals surface area contributed by atoms with E-state index in [0.717, 1.165) is 0 Å². The van der Waals surface area contributed by atoms with Crippen molar-refractivity contribution in [2.45, 2.75) is 12.3 Å². The van der Waals surface area contributed by atoms with Crippen molar-refractivity contribution in [1.82, 2.24) is 5.32 Å². The summed E-state index contributed by atoms with van der Waals surface area (Å²) in [6.07, 6.45) is 1.38. The highest BCUT2D eigenvalue weighted by atomic mass is 79.9. The van der Waals surface area contributed by atoms with Gasteiger partial charge in [0.25, 0.3) is 11.8 Å². The van der Waals surface area contributed by atoms with Crippen LogP contribution in [-0.4, -0.2) is 31.4 Å². The summed E-state index contributed by atoms with van der Waals surface area (Å²) in [5.74, 6) is -1.42. The molecule has 2 N–H and O–H groups in total. The minimum atomic E-state index is -0.585. The van der Waals surface area contributed by atoms with Gasteiger partial charge in [-0.2, -0.15) is 0 Å². The molecule has 1 atom stereocenters. The number of amides is 3. The van der Waals surface area contributed by atoms with E-state index in [1.54, 1.807) is 31.3 Å².